The maximum absolute atomic E-state index is 6.19. The number of fused-ring (bicyclic) bond motifs is 1. The van der Waals surface area contributed by atoms with E-state index in [1.165, 1.54) is 0 Å². The van der Waals surface area contributed by atoms with Crippen LogP contribution in [0.15, 0.2) is 18.2 Å². The molecule has 1 heterocycles. The summed E-state index contributed by atoms with van der Waals surface area (Å²) < 4.78 is 7.98. The molecule has 0 aliphatic rings. The molecule has 1 aromatic heterocycles. The van der Waals surface area contributed by atoms with Crippen molar-refractivity contribution in [3.05, 3.63) is 24.0 Å². The van der Waals surface area contributed by atoms with Crippen LogP contribution >= 0.6 is 0 Å². The Morgan fingerprint density at radius 3 is 2.65 bits per heavy atom. The zero-order valence-electron chi connectivity index (χ0n) is 12.9. The minimum atomic E-state index is -0.0107. The average molecular weight is 275 g/mol. The molecular formula is C16H25N3O. The van der Waals surface area contributed by atoms with Crippen LogP contribution in [0.3, 0.4) is 0 Å². The molecule has 0 aliphatic heterocycles. The first-order valence-corrected chi connectivity index (χ1v) is 7.49. The number of aromatic nitrogens is 2. The third-order valence-corrected chi connectivity index (χ3v) is 3.34. The van der Waals surface area contributed by atoms with Gasteiger partial charge in [-0.05, 0) is 38.8 Å². The maximum Gasteiger partial charge on any atom is 0.126 e. The third kappa shape index (κ3) is 2.96. The van der Waals surface area contributed by atoms with Crippen molar-refractivity contribution in [2.75, 3.05) is 0 Å². The number of rotatable bonds is 6. The van der Waals surface area contributed by atoms with Gasteiger partial charge < -0.3 is 15.0 Å². The summed E-state index contributed by atoms with van der Waals surface area (Å²) in [6, 6.07) is 6.09. The van der Waals surface area contributed by atoms with Gasteiger partial charge >= 0.3 is 0 Å². The van der Waals surface area contributed by atoms with Gasteiger partial charge in [0, 0.05) is 12.6 Å². The first kappa shape index (κ1) is 14.9. The summed E-state index contributed by atoms with van der Waals surface area (Å²) in [5.74, 6) is 1.84. The van der Waals surface area contributed by atoms with E-state index in [4.69, 9.17) is 15.5 Å². The second kappa shape index (κ2) is 6.27. The maximum atomic E-state index is 6.19. The highest BCUT2D eigenvalue weighted by Crippen LogP contribution is 2.26. The zero-order valence-corrected chi connectivity index (χ0v) is 12.9. The highest BCUT2D eigenvalue weighted by Gasteiger charge is 2.15. The molecule has 1 aromatic carbocycles. The molecule has 0 bridgehead atoms. The molecule has 4 heteroatoms. The molecule has 0 saturated heterocycles. The SMILES string of the molecule is CCCn1c(C(N)CC)nc2cc(OC(C)C)ccc21. The van der Waals surface area contributed by atoms with Crippen LogP contribution in [0, 0.1) is 0 Å². The van der Waals surface area contributed by atoms with Crippen LogP contribution in [0.4, 0.5) is 0 Å². The monoisotopic (exact) mass is 275 g/mol. The fraction of sp³-hybridized carbons (Fsp3) is 0.562. The van der Waals surface area contributed by atoms with E-state index in [2.05, 4.69) is 24.5 Å². The quantitative estimate of drug-likeness (QED) is 0.875. The Labute approximate surface area is 120 Å². The van der Waals surface area contributed by atoms with Gasteiger partial charge in [0.05, 0.1) is 23.2 Å². The lowest BCUT2D eigenvalue weighted by Crippen LogP contribution is -2.15. The van der Waals surface area contributed by atoms with E-state index in [0.717, 1.165) is 42.0 Å². The molecule has 1 unspecified atom stereocenters. The summed E-state index contributed by atoms with van der Waals surface area (Å²) in [6.07, 6.45) is 2.13. The van der Waals surface area contributed by atoms with Crippen LogP contribution in [0.5, 0.6) is 5.75 Å². The number of nitrogens with zero attached hydrogens (tertiary/aromatic N) is 2. The molecule has 0 radical (unpaired) electrons. The lowest BCUT2D eigenvalue weighted by Gasteiger charge is -2.12. The molecular weight excluding hydrogens is 250 g/mol. The lowest BCUT2D eigenvalue weighted by molar-refractivity contribution is 0.242. The van der Waals surface area contributed by atoms with Crippen LogP contribution in [-0.4, -0.2) is 15.7 Å². The van der Waals surface area contributed by atoms with Gasteiger partial charge in [-0.2, -0.15) is 0 Å². The summed E-state index contributed by atoms with van der Waals surface area (Å²) in [5, 5.41) is 0. The largest absolute Gasteiger partial charge is 0.491 e. The van der Waals surface area contributed by atoms with Crippen molar-refractivity contribution >= 4 is 11.0 Å². The standard InChI is InChI=1S/C16H25N3O/c1-5-9-19-15-8-7-12(20-11(3)4)10-14(15)18-16(19)13(17)6-2/h7-8,10-11,13H,5-6,9,17H2,1-4H3. The number of ether oxygens (including phenoxy) is 1. The second-order valence-corrected chi connectivity index (χ2v) is 5.45. The Morgan fingerprint density at radius 1 is 1.30 bits per heavy atom. The molecule has 2 rings (SSSR count). The lowest BCUT2D eigenvalue weighted by atomic mass is 10.2. The van der Waals surface area contributed by atoms with Gasteiger partial charge in [0.1, 0.15) is 11.6 Å². The second-order valence-electron chi connectivity index (χ2n) is 5.45. The van der Waals surface area contributed by atoms with Gasteiger partial charge in [0.25, 0.3) is 0 Å². The molecule has 0 spiro atoms. The summed E-state index contributed by atoms with van der Waals surface area (Å²) in [4.78, 5) is 4.73. The van der Waals surface area contributed by atoms with Crippen LogP contribution < -0.4 is 10.5 Å². The van der Waals surface area contributed by atoms with E-state index in [9.17, 15) is 0 Å². The molecule has 0 fully saturated rings. The van der Waals surface area contributed by atoms with Gasteiger partial charge in [-0.25, -0.2) is 4.98 Å². The molecule has 0 saturated carbocycles. The van der Waals surface area contributed by atoms with Gasteiger partial charge in [0.15, 0.2) is 0 Å². The Bertz CT molecular complexity index is 574. The highest BCUT2D eigenvalue weighted by molar-refractivity contribution is 5.78. The van der Waals surface area contributed by atoms with Crippen LogP contribution in [0.2, 0.25) is 0 Å². The van der Waals surface area contributed by atoms with Crippen LogP contribution in [0.25, 0.3) is 11.0 Å². The van der Waals surface area contributed by atoms with Crippen molar-refractivity contribution in [1.82, 2.24) is 9.55 Å². The third-order valence-electron chi connectivity index (χ3n) is 3.34. The van der Waals surface area contributed by atoms with Gasteiger partial charge in [-0.3, -0.25) is 0 Å². The van der Waals surface area contributed by atoms with E-state index in [0.29, 0.717) is 0 Å². The number of hydrogen-bond donors (Lipinski definition) is 1. The Kier molecular flexibility index (Phi) is 4.65. The smallest absolute Gasteiger partial charge is 0.126 e. The topological polar surface area (TPSA) is 53.1 Å². The summed E-state index contributed by atoms with van der Waals surface area (Å²) >= 11 is 0. The van der Waals surface area contributed by atoms with Crippen molar-refractivity contribution in [2.45, 2.75) is 59.2 Å². The van der Waals surface area contributed by atoms with Crippen molar-refractivity contribution in [2.24, 2.45) is 5.73 Å². The summed E-state index contributed by atoms with van der Waals surface area (Å²) in [6.45, 7) is 9.26. The first-order valence-electron chi connectivity index (χ1n) is 7.49. The van der Waals surface area contributed by atoms with Crippen molar-refractivity contribution in [3.8, 4) is 5.75 Å². The molecule has 0 amide bonds. The Morgan fingerprint density at radius 2 is 2.05 bits per heavy atom. The van der Waals surface area contributed by atoms with Gasteiger partial charge in [-0.1, -0.05) is 13.8 Å². The van der Waals surface area contributed by atoms with E-state index in [1.54, 1.807) is 0 Å². The minimum Gasteiger partial charge on any atom is -0.491 e. The Balaban J connectivity index is 2.49. The molecule has 110 valence electrons. The van der Waals surface area contributed by atoms with E-state index >= 15 is 0 Å². The summed E-state index contributed by atoms with van der Waals surface area (Å²) in [7, 11) is 0. The minimum absolute atomic E-state index is 0.0107. The van der Waals surface area contributed by atoms with Crippen molar-refractivity contribution < 1.29 is 4.74 Å². The predicted molar refractivity (Wildman–Crippen MR) is 83.0 cm³/mol. The molecule has 0 aliphatic carbocycles. The molecule has 20 heavy (non-hydrogen) atoms. The van der Waals surface area contributed by atoms with Gasteiger partial charge in [0.2, 0.25) is 0 Å². The van der Waals surface area contributed by atoms with E-state index < -0.39 is 0 Å². The van der Waals surface area contributed by atoms with E-state index in [-0.39, 0.29) is 12.1 Å². The first-order chi connectivity index (χ1) is 9.56. The molecule has 4 nitrogen and oxygen atoms in total. The van der Waals surface area contributed by atoms with Gasteiger partial charge in [-0.15, -0.1) is 0 Å². The highest BCUT2D eigenvalue weighted by atomic mass is 16.5. The molecule has 2 aromatic rings. The van der Waals surface area contributed by atoms with E-state index in [1.807, 2.05) is 26.0 Å². The predicted octanol–water partition coefficient (Wildman–Crippen LogP) is 3.64. The number of imidazole rings is 1. The fourth-order valence-corrected chi connectivity index (χ4v) is 2.40. The molecule has 2 N–H and O–H groups in total. The normalized spacial score (nSPS) is 13.1. The fourth-order valence-electron chi connectivity index (χ4n) is 2.40. The van der Waals surface area contributed by atoms with Crippen molar-refractivity contribution in [3.63, 3.8) is 0 Å². The van der Waals surface area contributed by atoms with Crippen LogP contribution in [0.1, 0.15) is 52.4 Å². The number of nitrogens with two attached hydrogens (primary N) is 1. The number of benzene rings is 1. The average Bonchev–Trinajstić information content (AvgIpc) is 2.76. The van der Waals surface area contributed by atoms with Crippen LogP contribution in [-0.2, 0) is 6.54 Å². The summed E-state index contributed by atoms with van der Waals surface area (Å²) in [5.41, 5.74) is 8.30. The number of hydrogen-bond acceptors (Lipinski definition) is 3. The Hall–Kier alpha value is -1.55. The molecule has 1 atom stereocenters. The number of aryl methyl sites for hydroxylation is 1. The van der Waals surface area contributed by atoms with Crippen molar-refractivity contribution in [1.29, 1.82) is 0 Å². The zero-order chi connectivity index (χ0) is 14.7.